The van der Waals surface area contributed by atoms with E-state index in [9.17, 15) is 4.79 Å². The largest absolute Gasteiger partial charge is 0.493 e. The van der Waals surface area contributed by atoms with Gasteiger partial charge in [-0.1, -0.05) is 44.1 Å². The van der Waals surface area contributed by atoms with Crippen molar-refractivity contribution in [3.8, 4) is 5.75 Å². The van der Waals surface area contributed by atoms with Crippen molar-refractivity contribution < 1.29 is 14.3 Å². The van der Waals surface area contributed by atoms with E-state index in [0.29, 0.717) is 30.4 Å². The van der Waals surface area contributed by atoms with Crippen LogP contribution in [-0.2, 0) is 4.74 Å². The third-order valence-corrected chi connectivity index (χ3v) is 3.92. The third kappa shape index (κ3) is 8.19. The minimum atomic E-state index is -0.293. The molecule has 0 saturated carbocycles. The molecule has 134 valence electrons. The van der Waals surface area contributed by atoms with Gasteiger partial charge in [-0.3, -0.25) is 0 Å². The fourth-order valence-corrected chi connectivity index (χ4v) is 2.32. The van der Waals surface area contributed by atoms with Crippen LogP contribution >= 0.6 is 0 Å². The summed E-state index contributed by atoms with van der Waals surface area (Å²) in [7, 11) is 0. The summed E-state index contributed by atoms with van der Waals surface area (Å²) in [5, 5.41) is 0. The van der Waals surface area contributed by atoms with Crippen molar-refractivity contribution in [2.24, 2.45) is 5.92 Å². The summed E-state index contributed by atoms with van der Waals surface area (Å²) in [5.41, 5.74) is 1.87. The van der Waals surface area contributed by atoms with E-state index in [2.05, 4.69) is 33.8 Å². The minimum Gasteiger partial charge on any atom is -0.493 e. The molecule has 0 aromatic heterocycles. The lowest BCUT2D eigenvalue weighted by molar-refractivity contribution is 0.0479. The number of allylic oxidation sites excluding steroid dienone is 2. The van der Waals surface area contributed by atoms with Gasteiger partial charge >= 0.3 is 5.97 Å². The van der Waals surface area contributed by atoms with Crippen molar-refractivity contribution in [2.45, 2.75) is 59.8 Å². The van der Waals surface area contributed by atoms with Crippen LogP contribution in [0.1, 0.15) is 70.2 Å². The van der Waals surface area contributed by atoms with E-state index in [0.717, 1.165) is 32.1 Å². The standard InChI is InChI=1S/C21H32O3/c1-5-6-15-23-20-13-8-7-12-19(20)21(22)24-16-14-18(4)11-9-10-17(2)3/h7-8,10,12-13,18H,5-6,9,11,14-16H2,1-4H3. The molecule has 24 heavy (non-hydrogen) atoms. The highest BCUT2D eigenvalue weighted by Crippen LogP contribution is 2.20. The van der Waals surface area contributed by atoms with E-state index in [1.165, 1.54) is 5.57 Å². The molecule has 0 spiro atoms. The van der Waals surface area contributed by atoms with Gasteiger partial charge in [-0.15, -0.1) is 0 Å². The SMILES string of the molecule is CCCCOc1ccccc1C(=O)OCCC(C)CCC=C(C)C. The van der Waals surface area contributed by atoms with Crippen molar-refractivity contribution in [3.05, 3.63) is 41.5 Å². The molecule has 0 heterocycles. The Morgan fingerprint density at radius 1 is 1.17 bits per heavy atom. The zero-order valence-corrected chi connectivity index (χ0v) is 15.6. The lowest BCUT2D eigenvalue weighted by atomic mass is 10.0. The average molecular weight is 332 g/mol. The van der Waals surface area contributed by atoms with Gasteiger partial charge in [0.2, 0.25) is 0 Å². The first kappa shape index (κ1) is 20.3. The minimum absolute atomic E-state index is 0.293. The summed E-state index contributed by atoms with van der Waals surface area (Å²) in [6.45, 7) is 9.63. The van der Waals surface area contributed by atoms with Crippen molar-refractivity contribution in [2.75, 3.05) is 13.2 Å². The fourth-order valence-electron chi connectivity index (χ4n) is 2.32. The quantitative estimate of drug-likeness (QED) is 0.292. The Morgan fingerprint density at radius 3 is 2.62 bits per heavy atom. The van der Waals surface area contributed by atoms with Gasteiger partial charge in [-0.2, -0.15) is 0 Å². The zero-order valence-electron chi connectivity index (χ0n) is 15.6. The maximum atomic E-state index is 12.3. The predicted octanol–water partition coefficient (Wildman–Crippen LogP) is 5.79. The lowest BCUT2D eigenvalue weighted by Gasteiger charge is -2.13. The number of benzene rings is 1. The number of para-hydroxylation sites is 1. The van der Waals surface area contributed by atoms with Crippen LogP contribution in [0.25, 0.3) is 0 Å². The van der Waals surface area contributed by atoms with Crippen molar-refractivity contribution in [1.82, 2.24) is 0 Å². The highest BCUT2D eigenvalue weighted by molar-refractivity contribution is 5.92. The number of carbonyl (C=O) groups excluding carboxylic acids is 1. The first-order valence-corrected chi connectivity index (χ1v) is 9.06. The molecule has 1 atom stereocenters. The molecule has 0 fully saturated rings. The highest BCUT2D eigenvalue weighted by atomic mass is 16.5. The second kappa shape index (κ2) is 11.7. The average Bonchev–Trinajstić information content (AvgIpc) is 2.55. The molecule has 0 amide bonds. The van der Waals surface area contributed by atoms with Crippen LogP contribution < -0.4 is 4.74 Å². The number of esters is 1. The van der Waals surface area contributed by atoms with E-state index in [-0.39, 0.29) is 5.97 Å². The molecule has 3 nitrogen and oxygen atoms in total. The molecule has 0 N–H and O–H groups in total. The summed E-state index contributed by atoms with van der Waals surface area (Å²) in [6, 6.07) is 7.31. The van der Waals surface area contributed by atoms with Crippen LogP contribution in [-0.4, -0.2) is 19.2 Å². The Morgan fingerprint density at radius 2 is 1.92 bits per heavy atom. The van der Waals surface area contributed by atoms with Gasteiger partial charge in [0, 0.05) is 0 Å². The topological polar surface area (TPSA) is 35.5 Å². The van der Waals surface area contributed by atoms with E-state index >= 15 is 0 Å². The molecular weight excluding hydrogens is 300 g/mol. The van der Waals surface area contributed by atoms with Gasteiger partial charge in [-0.25, -0.2) is 4.79 Å². The van der Waals surface area contributed by atoms with Crippen molar-refractivity contribution >= 4 is 5.97 Å². The number of rotatable bonds is 11. The molecule has 0 aliphatic heterocycles. The van der Waals surface area contributed by atoms with Crippen molar-refractivity contribution in [1.29, 1.82) is 0 Å². The highest BCUT2D eigenvalue weighted by Gasteiger charge is 2.14. The van der Waals surface area contributed by atoms with E-state index in [1.807, 2.05) is 18.2 Å². The molecule has 0 aliphatic rings. The van der Waals surface area contributed by atoms with Crippen molar-refractivity contribution in [3.63, 3.8) is 0 Å². The molecule has 1 aromatic carbocycles. The third-order valence-electron chi connectivity index (χ3n) is 3.92. The van der Waals surface area contributed by atoms with Crippen LogP contribution in [0.3, 0.4) is 0 Å². The van der Waals surface area contributed by atoms with E-state index < -0.39 is 0 Å². The van der Waals surface area contributed by atoms with Gasteiger partial charge in [0.25, 0.3) is 0 Å². The van der Waals surface area contributed by atoms with E-state index in [1.54, 1.807) is 6.07 Å². The maximum Gasteiger partial charge on any atom is 0.341 e. The van der Waals surface area contributed by atoms with Gasteiger partial charge in [0.15, 0.2) is 0 Å². The first-order chi connectivity index (χ1) is 11.5. The smallest absolute Gasteiger partial charge is 0.341 e. The van der Waals surface area contributed by atoms with Gasteiger partial charge in [-0.05, 0) is 57.6 Å². The summed E-state index contributed by atoms with van der Waals surface area (Å²) < 4.78 is 11.1. The number of ether oxygens (including phenoxy) is 2. The number of carbonyl (C=O) groups is 1. The molecular formula is C21H32O3. The van der Waals surface area contributed by atoms with Crippen LogP contribution in [0, 0.1) is 5.92 Å². The Balaban J connectivity index is 2.41. The zero-order chi connectivity index (χ0) is 17.8. The summed E-state index contributed by atoms with van der Waals surface area (Å²) in [4.78, 5) is 12.3. The Hall–Kier alpha value is -1.77. The second-order valence-corrected chi connectivity index (χ2v) is 6.59. The monoisotopic (exact) mass is 332 g/mol. The summed E-state index contributed by atoms with van der Waals surface area (Å²) in [5.74, 6) is 0.871. The van der Waals surface area contributed by atoms with Gasteiger partial charge in [0.05, 0.1) is 13.2 Å². The van der Waals surface area contributed by atoms with Crippen LogP contribution in [0.2, 0.25) is 0 Å². The molecule has 1 aromatic rings. The Bertz CT molecular complexity index is 516. The van der Waals surface area contributed by atoms with Crippen LogP contribution in [0.15, 0.2) is 35.9 Å². The molecule has 0 aliphatic carbocycles. The van der Waals surface area contributed by atoms with Crippen LogP contribution in [0.5, 0.6) is 5.75 Å². The normalized spacial score (nSPS) is 11.7. The first-order valence-electron chi connectivity index (χ1n) is 9.06. The maximum absolute atomic E-state index is 12.3. The van der Waals surface area contributed by atoms with Gasteiger partial charge in [0.1, 0.15) is 11.3 Å². The molecule has 0 radical (unpaired) electrons. The number of hydrogen-bond acceptors (Lipinski definition) is 3. The van der Waals surface area contributed by atoms with Gasteiger partial charge < -0.3 is 9.47 Å². The molecule has 1 rings (SSSR count). The van der Waals surface area contributed by atoms with E-state index in [4.69, 9.17) is 9.47 Å². The Labute approximate surface area is 147 Å². The fraction of sp³-hybridized carbons (Fsp3) is 0.571. The Kier molecular flexibility index (Phi) is 9.90. The van der Waals surface area contributed by atoms with Crippen LogP contribution in [0.4, 0.5) is 0 Å². The predicted molar refractivity (Wildman–Crippen MR) is 99.6 cm³/mol. The molecule has 0 bridgehead atoms. The number of unbranched alkanes of at least 4 members (excludes halogenated alkanes) is 1. The molecule has 0 saturated heterocycles. The second-order valence-electron chi connectivity index (χ2n) is 6.59. The lowest BCUT2D eigenvalue weighted by Crippen LogP contribution is -2.11. The summed E-state index contributed by atoms with van der Waals surface area (Å²) >= 11 is 0. The molecule has 3 heteroatoms. The molecule has 1 unspecified atom stereocenters. The number of hydrogen-bond donors (Lipinski definition) is 0. The summed E-state index contributed by atoms with van der Waals surface area (Å²) in [6.07, 6.45) is 7.41.